The van der Waals surface area contributed by atoms with Gasteiger partial charge in [0.15, 0.2) is 0 Å². The molecular formula is C11H19N3O. The summed E-state index contributed by atoms with van der Waals surface area (Å²) in [5.41, 5.74) is 0. The second-order valence-corrected chi connectivity index (χ2v) is 4.44. The molecule has 2 rings (SSSR count). The number of aromatic nitrogens is 2. The topological polar surface area (TPSA) is 41.3 Å². The number of hydrogen-bond acceptors (Lipinski definition) is 3. The van der Waals surface area contributed by atoms with E-state index in [0.717, 1.165) is 18.9 Å². The second-order valence-electron chi connectivity index (χ2n) is 4.44. The SMILES string of the molecule is CC1CCN(Cc2nccn2C)C1CO. The average Bonchev–Trinajstić information content (AvgIpc) is 2.76. The van der Waals surface area contributed by atoms with Gasteiger partial charge in [-0.15, -0.1) is 0 Å². The third kappa shape index (κ3) is 2.06. The number of aliphatic hydroxyl groups is 1. The van der Waals surface area contributed by atoms with Gasteiger partial charge in [-0.1, -0.05) is 6.92 Å². The molecule has 2 atom stereocenters. The number of aliphatic hydroxyl groups excluding tert-OH is 1. The first-order chi connectivity index (χ1) is 7.22. The summed E-state index contributed by atoms with van der Waals surface area (Å²) in [5.74, 6) is 1.66. The minimum absolute atomic E-state index is 0.256. The predicted octanol–water partition coefficient (Wildman–Crippen LogP) is 0.623. The van der Waals surface area contributed by atoms with Crippen LogP contribution >= 0.6 is 0 Å². The highest BCUT2D eigenvalue weighted by molar-refractivity contribution is 4.94. The van der Waals surface area contributed by atoms with Crippen LogP contribution in [0.2, 0.25) is 0 Å². The predicted molar refractivity (Wildman–Crippen MR) is 58.3 cm³/mol. The molecule has 15 heavy (non-hydrogen) atoms. The van der Waals surface area contributed by atoms with Crippen LogP contribution in [0.15, 0.2) is 12.4 Å². The summed E-state index contributed by atoms with van der Waals surface area (Å²) in [4.78, 5) is 6.64. The van der Waals surface area contributed by atoms with Crippen molar-refractivity contribution in [3.8, 4) is 0 Å². The molecule has 0 radical (unpaired) electrons. The van der Waals surface area contributed by atoms with E-state index in [1.165, 1.54) is 6.42 Å². The van der Waals surface area contributed by atoms with Crippen LogP contribution in [-0.2, 0) is 13.6 Å². The van der Waals surface area contributed by atoms with Crippen LogP contribution in [0, 0.1) is 5.92 Å². The average molecular weight is 209 g/mol. The van der Waals surface area contributed by atoms with E-state index in [9.17, 15) is 5.11 Å². The molecule has 0 aromatic carbocycles. The fourth-order valence-electron chi connectivity index (χ4n) is 2.31. The summed E-state index contributed by atoms with van der Waals surface area (Å²) in [6.07, 6.45) is 4.96. The molecule has 0 amide bonds. The van der Waals surface area contributed by atoms with Crippen LogP contribution in [-0.4, -0.2) is 38.8 Å². The molecule has 2 unspecified atom stereocenters. The molecule has 1 aliphatic heterocycles. The molecule has 1 fully saturated rings. The Morgan fingerprint density at radius 3 is 3.00 bits per heavy atom. The van der Waals surface area contributed by atoms with Crippen molar-refractivity contribution >= 4 is 0 Å². The highest BCUT2D eigenvalue weighted by Crippen LogP contribution is 2.24. The summed E-state index contributed by atoms with van der Waals surface area (Å²) in [5, 5.41) is 9.34. The number of imidazole rings is 1. The monoisotopic (exact) mass is 209 g/mol. The van der Waals surface area contributed by atoms with Crippen LogP contribution in [0.4, 0.5) is 0 Å². The van der Waals surface area contributed by atoms with Crippen molar-refractivity contribution in [1.29, 1.82) is 0 Å². The Morgan fingerprint density at radius 2 is 2.40 bits per heavy atom. The minimum Gasteiger partial charge on any atom is -0.395 e. The molecule has 0 bridgehead atoms. The molecule has 1 aliphatic rings. The Kier molecular flexibility index (Phi) is 3.07. The van der Waals surface area contributed by atoms with Gasteiger partial charge in [-0.2, -0.15) is 0 Å². The van der Waals surface area contributed by atoms with Gasteiger partial charge in [0.2, 0.25) is 0 Å². The van der Waals surface area contributed by atoms with E-state index in [1.54, 1.807) is 0 Å². The Morgan fingerprint density at radius 1 is 1.60 bits per heavy atom. The Bertz CT molecular complexity index is 323. The highest BCUT2D eigenvalue weighted by atomic mass is 16.3. The lowest BCUT2D eigenvalue weighted by Gasteiger charge is -2.24. The van der Waals surface area contributed by atoms with Crippen molar-refractivity contribution in [1.82, 2.24) is 14.5 Å². The number of hydrogen-bond donors (Lipinski definition) is 1. The molecule has 1 N–H and O–H groups in total. The first kappa shape index (κ1) is 10.6. The molecule has 1 aromatic rings. The molecule has 2 heterocycles. The van der Waals surface area contributed by atoms with Crippen molar-refractivity contribution in [2.45, 2.75) is 25.9 Å². The maximum absolute atomic E-state index is 9.34. The maximum Gasteiger partial charge on any atom is 0.122 e. The molecule has 0 saturated carbocycles. The van der Waals surface area contributed by atoms with E-state index in [0.29, 0.717) is 12.0 Å². The van der Waals surface area contributed by atoms with E-state index in [-0.39, 0.29) is 6.61 Å². The van der Waals surface area contributed by atoms with Crippen LogP contribution in [0.1, 0.15) is 19.2 Å². The normalized spacial score (nSPS) is 27.4. The van der Waals surface area contributed by atoms with Crippen molar-refractivity contribution in [3.63, 3.8) is 0 Å². The zero-order chi connectivity index (χ0) is 10.8. The molecule has 84 valence electrons. The van der Waals surface area contributed by atoms with E-state index in [4.69, 9.17) is 0 Å². The molecule has 1 saturated heterocycles. The lowest BCUT2D eigenvalue weighted by molar-refractivity contribution is 0.131. The second kappa shape index (κ2) is 4.33. The minimum atomic E-state index is 0.256. The lowest BCUT2D eigenvalue weighted by Crippen LogP contribution is -2.35. The van der Waals surface area contributed by atoms with Gasteiger partial charge in [0, 0.05) is 25.5 Å². The number of rotatable bonds is 3. The van der Waals surface area contributed by atoms with Gasteiger partial charge in [-0.05, 0) is 18.9 Å². The van der Waals surface area contributed by atoms with Crippen molar-refractivity contribution < 1.29 is 5.11 Å². The van der Waals surface area contributed by atoms with Crippen LogP contribution in [0.25, 0.3) is 0 Å². The fourth-order valence-corrected chi connectivity index (χ4v) is 2.31. The van der Waals surface area contributed by atoms with Crippen molar-refractivity contribution in [3.05, 3.63) is 18.2 Å². The highest BCUT2D eigenvalue weighted by Gasteiger charge is 2.30. The van der Waals surface area contributed by atoms with Gasteiger partial charge in [0.25, 0.3) is 0 Å². The van der Waals surface area contributed by atoms with E-state index < -0.39 is 0 Å². The van der Waals surface area contributed by atoms with E-state index >= 15 is 0 Å². The molecular weight excluding hydrogens is 190 g/mol. The number of likely N-dealkylation sites (tertiary alicyclic amines) is 1. The fraction of sp³-hybridized carbons (Fsp3) is 0.727. The van der Waals surface area contributed by atoms with Gasteiger partial charge in [-0.25, -0.2) is 4.98 Å². The van der Waals surface area contributed by atoms with Crippen LogP contribution in [0.3, 0.4) is 0 Å². The third-order valence-electron chi connectivity index (χ3n) is 3.45. The standard InChI is InChI=1S/C11H19N3O/c1-9-3-5-14(10(9)8-15)7-11-12-4-6-13(11)2/h4,6,9-10,15H,3,5,7-8H2,1-2H3. The Hall–Kier alpha value is -0.870. The molecule has 0 spiro atoms. The first-order valence-corrected chi connectivity index (χ1v) is 5.53. The van der Waals surface area contributed by atoms with Crippen molar-refractivity contribution in [2.24, 2.45) is 13.0 Å². The lowest BCUT2D eigenvalue weighted by atomic mass is 10.0. The van der Waals surface area contributed by atoms with Crippen LogP contribution in [0.5, 0.6) is 0 Å². The summed E-state index contributed by atoms with van der Waals surface area (Å²) in [6.45, 7) is 4.38. The summed E-state index contributed by atoms with van der Waals surface area (Å²) < 4.78 is 2.04. The Balaban J connectivity index is 2.03. The molecule has 4 nitrogen and oxygen atoms in total. The van der Waals surface area contributed by atoms with E-state index in [1.807, 2.05) is 24.0 Å². The molecule has 1 aromatic heterocycles. The first-order valence-electron chi connectivity index (χ1n) is 5.53. The van der Waals surface area contributed by atoms with E-state index in [2.05, 4.69) is 16.8 Å². The smallest absolute Gasteiger partial charge is 0.122 e. The number of nitrogens with zero attached hydrogens (tertiary/aromatic N) is 3. The van der Waals surface area contributed by atoms with Gasteiger partial charge in [0.1, 0.15) is 5.82 Å². The summed E-state index contributed by atoms with van der Waals surface area (Å²) in [7, 11) is 2.01. The quantitative estimate of drug-likeness (QED) is 0.793. The largest absolute Gasteiger partial charge is 0.395 e. The molecule has 0 aliphatic carbocycles. The van der Waals surface area contributed by atoms with Gasteiger partial charge in [-0.3, -0.25) is 4.90 Å². The maximum atomic E-state index is 9.34. The van der Waals surface area contributed by atoms with Gasteiger partial charge < -0.3 is 9.67 Å². The number of aryl methyl sites for hydroxylation is 1. The summed E-state index contributed by atoms with van der Waals surface area (Å²) >= 11 is 0. The zero-order valence-corrected chi connectivity index (χ0v) is 9.43. The van der Waals surface area contributed by atoms with Gasteiger partial charge in [0.05, 0.1) is 13.2 Å². The van der Waals surface area contributed by atoms with Crippen LogP contribution < -0.4 is 0 Å². The summed E-state index contributed by atoms with van der Waals surface area (Å²) in [6, 6.07) is 0.307. The van der Waals surface area contributed by atoms with Crippen molar-refractivity contribution in [2.75, 3.05) is 13.2 Å². The third-order valence-corrected chi connectivity index (χ3v) is 3.45. The molecule has 4 heteroatoms. The van der Waals surface area contributed by atoms with Gasteiger partial charge >= 0.3 is 0 Å². The Labute approximate surface area is 90.5 Å². The zero-order valence-electron chi connectivity index (χ0n) is 9.43.